The van der Waals surface area contributed by atoms with Crippen molar-refractivity contribution >= 4 is 16.6 Å². The molecule has 0 saturated carbocycles. The largest absolute Gasteiger partial charge is 0.416 e. The van der Waals surface area contributed by atoms with Crippen LogP contribution in [0.25, 0.3) is 10.9 Å². The van der Waals surface area contributed by atoms with Gasteiger partial charge in [-0.3, -0.25) is 4.98 Å². The highest BCUT2D eigenvalue weighted by atomic mass is 19.4. The monoisotopic (exact) mass is 325 g/mol. The van der Waals surface area contributed by atoms with Gasteiger partial charge in [0.25, 0.3) is 0 Å². The van der Waals surface area contributed by atoms with Crippen LogP contribution in [-0.2, 0) is 6.18 Å². The maximum Gasteiger partial charge on any atom is 0.416 e. The van der Waals surface area contributed by atoms with Gasteiger partial charge in [0, 0.05) is 30.9 Å². The average Bonchev–Trinajstić information content (AvgIpc) is 2.52. The Bertz CT molecular complexity index is 655. The van der Waals surface area contributed by atoms with E-state index < -0.39 is 11.7 Å². The third-order valence-electron chi connectivity index (χ3n) is 4.03. The molecule has 6 heteroatoms. The highest BCUT2D eigenvalue weighted by Crippen LogP contribution is 2.33. The molecule has 0 unspecified atom stereocenters. The van der Waals surface area contributed by atoms with E-state index in [1.165, 1.54) is 6.07 Å². The number of pyridine rings is 1. The van der Waals surface area contributed by atoms with Crippen LogP contribution in [0.4, 0.5) is 18.9 Å². The molecule has 0 atom stereocenters. The second-order valence-electron chi connectivity index (χ2n) is 5.73. The van der Waals surface area contributed by atoms with Gasteiger partial charge in [-0.05, 0) is 44.8 Å². The first-order valence-electron chi connectivity index (χ1n) is 7.68. The van der Waals surface area contributed by atoms with E-state index >= 15 is 0 Å². The van der Waals surface area contributed by atoms with Crippen LogP contribution in [0.1, 0.15) is 18.9 Å². The second-order valence-corrected chi connectivity index (χ2v) is 5.73. The van der Waals surface area contributed by atoms with E-state index in [4.69, 9.17) is 0 Å². The Balaban J connectivity index is 2.20. The molecule has 0 spiro atoms. The molecule has 0 aliphatic rings. The lowest BCUT2D eigenvalue weighted by Crippen LogP contribution is -2.25. The third kappa shape index (κ3) is 4.34. The number of alkyl halides is 3. The Morgan fingerprint density at radius 2 is 1.83 bits per heavy atom. The fourth-order valence-corrected chi connectivity index (χ4v) is 2.50. The summed E-state index contributed by atoms with van der Waals surface area (Å²) in [7, 11) is 4.03. The van der Waals surface area contributed by atoms with Crippen molar-refractivity contribution in [3.63, 3.8) is 0 Å². The topological polar surface area (TPSA) is 19.4 Å². The molecule has 0 aliphatic heterocycles. The summed E-state index contributed by atoms with van der Waals surface area (Å²) in [5.74, 6) is 0. The summed E-state index contributed by atoms with van der Waals surface area (Å²) < 4.78 is 38.4. The molecule has 0 saturated heterocycles. The van der Waals surface area contributed by atoms with E-state index in [0.717, 1.165) is 49.3 Å². The number of rotatable bonds is 6. The number of hydrogen-bond acceptors (Lipinski definition) is 3. The Hall–Kier alpha value is -1.82. The van der Waals surface area contributed by atoms with Crippen LogP contribution in [0.5, 0.6) is 0 Å². The fraction of sp³-hybridized carbons (Fsp3) is 0.471. The quantitative estimate of drug-likeness (QED) is 0.799. The summed E-state index contributed by atoms with van der Waals surface area (Å²) in [4.78, 5) is 8.39. The summed E-state index contributed by atoms with van der Waals surface area (Å²) in [5.41, 5.74) is 0.611. The van der Waals surface area contributed by atoms with E-state index in [1.54, 1.807) is 6.20 Å². The Morgan fingerprint density at radius 1 is 1.09 bits per heavy atom. The van der Waals surface area contributed by atoms with Gasteiger partial charge in [0.1, 0.15) is 0 Å². The van der Waals surface area contributed by atoms with Gasteiger partial charge in [0.05, 0.1) is 11.1 Å². The van der Waals surface area contributed by atoms with Gasteiger partial charge in [0.2, 0.25) is 0 Å². The summed E-state index contributed by atoms with van der Waals surface area (Å²) in [6, 6.07) is 5.58. The number of hydrogen-bond donors (Lipinski definition) is 0. The van der Waals surface area contributed by atoms with Gasteiger partial charge in [-0.1, -0.05) is 13.0 Å². The lowest BCUT2D eigenvalue weighted by molar-refractivity contribution is -0.137. The van der Waals surface area contributed by atoms with E-state index in [-0.39, 0.29) is 0 Å². The highest BCUT2D eigenvalue weighted by molar-refractivity contribution is 5.91. The predicted molar refractivity (Wildman–Crippen MR) is 87.8 cm³/mol. The Kier molecular flexibility index (Phi) is 5.46. The maximum atomic E-state index is 12.8. The zero-order valence-electron chi connectivity index (χ0n) is 13.7. The maximum absolute atomic E-state index is 12.8. The van der Waals surface area contributed by atoms with E-state index in [0.29, 0.717) is 5.52 Å². The van der Waals surface area contributed by atoms with Crippen LogP contribution < -0.4 is 4.90 Å². The number of halogens is 3. The standard InChI is InChI=1S/C17H22F3N3/c1-4-22(2)10-5-11-23(3)16-8-9-21-15-12-13(17(18,19)20)6-7-14(15)16/h6-9,12H,4-5,10-11H2,1-3H3. The van der Waals surface area contributed by atoms with Gasteiger partial charge in [-0.2, -0.15) is 13.2 Å². The first-order chi connectivity index (χ1) is 10.8. The van der Waals surface area contributed by atoms with Crippen molar-refractivity contribution < 1.29 is 13.2 Å². The first-order valence-corrected chi connectivity index (χ1v) is 7.68. The Morgan fingerprint density at radius 3 is 2.48 bits per heavy atom. The van der Waals surface area contributed by atoms with Crippen molar-refractivity contribution in [3.05, 3.63) is 36.0 Å². The molecule has 126 valence electrons. The molecule has 0 bridgehead atoms. The lowest BCUT2D eigenvalue weighted by Gasteiger charge is -2.22. The fourth-order valence-electron chi connectivity index (χ4n) is 2.50. The van der Waals surface area contributed by atoms with E-state index in [9.17, 15) is 13.2 Å². The molecule has 0 radical (unpaired) electrons. The molecule has 0 fully saturated rings. The summed E-state index contributed by atoms with van der Waals surface area (Å²) in [6.07, 6.45) is -1.79. The van der Waals surface area contributed by atoms with Crippen LogP contribution >= 0.6 is 0 Å². The van der Waals surface area contributed by atoms with Crippen LogP contribution in [0, 0.1) is 0 Å². The third-order valence-corrected chi connectivity index (χ3v) is 4.03. The van der Waals surface area contributed by atoms with Crippen molar-refractivity contribution in [1.29, 1.82) is 0 Å². The molecule has 0 aliphatic carbocycles. The zero-order chi connectivity index (χ0) is 17.0. The van der Waals surface area contributed by atoms with Gasteiger partial charge in [-0.15, -0.1) is 0 Å². The summed E-state index contributed by atoms with van der Waals surface area (Å²) >= 11 is 0. The van der Waals surface area contributed by atoms with Crippen molar-refractivity contribution in [3.8, 4) is 0 Å². The molecule has 0 N–H and O–H groups in total. The lowest BCUT2D eigenvalue weighted by atomic mass is 10.1. The SMILES string of the molecule is CCN(C)CCCN(C)c1ccnc2cc(C(F)(F)F)ccc12. The molecular weight excluding hydrogens is 303 g/mol. The molecule has 1 heterocycles. The van der Waals surface area contributed by atoms with Gasteiger partial charge in [-0.25, -0.2) is 0 Å². The van der Waals surface area contributed by atoms with Crippen molar-refractivity contribution in [2.75, 3.05) is 38.6 Å². The summed E-state index contributed by atoms with van der Waals surface area (Å²) in [6.45, 7) is 4.94. The predicted octanol–water partition coefficient (Wildman–Crippen LogP) is 4.03. The molecule has 1 aromatic carbocycles. The number of aromatic nitrogens is 1. The summed E-state index contributed by atoms with van der Waals surface area (Å²) in [5, 5.41) is 0.742. The van der Waals surface area contributed by atoms with Gasteiger partial charge < -0.3 is 9.80 Å². The zero-order valence-corrected chi connectivity index (χ0v) is 13.7. The molecule has 2 aromatic rings. The number of anilines is 1. The average molecular weight is 325 g/mol. The molecule has 23 heavy (non-hydrogen) atoms. The Labute approximate surface area is 134 Å². The number of fused-ring (bicyclic) bond motifs is 1. The molecule has 1 aromatic heterocycles. The number of benzene rings is 1. The van der Waals surface area contributed by atoms with Crippen molar-refractivity contribution in [2.24, 2.45) is 0 Å². The van der Waals surface area contributed by atoms with Gasteiger partial charge >= 0.3 is 6.18 Å². The minimum absolute atomic E-state index is 0.370. The molecular formula is C17H22F3N3. The van der Waals surface area contributed by atoms with Crippen LogP contribution in [-0.4, -0.2) is 43.6 Å². The van der Waals surface area contributed by atoms with Gasteiger partial charge in [0.15, 0.2) is 0 Å². The van der Waals surface area contributed by atoms with Crippen LogP contribution in [0.2, 0.25) is 0 Å². The number of nitrogens with zero attached hydrogens (tertiary/aromatic N) is 3. The van der Waals surface area contributed by atoms with Crippen LogP contribution in [0.15, 0.2) is 30.5 Å². The highest BCUT2D eigenvalue weighted by Gasteiger charge is 2.30. The van der Waals surface area contributed by atoms with E-state index in [1.807, 2.05) is 13.1 Å². The molecule has 0 amide bonds. The van der Waals surface area contributed by atoms with Crippen molar-refractivity contribution in [2.45, 2.75) is 19.5 Å². The first kappa shape index (κ1) is 17.5. The normalized spacial score (nSPS) is 12.1. The van der Waals surface area contributed by atoms with Crippen LogP contribution in [0.3, 0.4) is 0 Å². The minimum atomic E-state index is -4.34. The minimum Gasteiger partial charge on any atom is -0.374 e. The van der Waals surface area contributed by atoms with Crippen molar-refractivity contribution in [1.82, 2.24) is 9.88 Å². The molecule has 2 rings (SSSR count). The second kappa shape index (κ2) is 7.17. The van der Waals surface area contributed by atoms with E-state index in [2.05, 4.69) is 28.8 Å². The smallest absolute Gasteiger partial charge is 0.374 e. The molecule has 3 nitrogen and oxygen atoms in total.